The summed E-state index contributed by atoms with van der Waals surface area (Å²) in [6, 6.07) is 17.6. The number of carbonyl (C=O) groups excluding carboxylic acids is 1. The number of rotatable bonds is 10. The fraction of sp³-hybridized carbons (Fsp3) is 0.391. The molecular formula is C23H32N4O2. The van der Waals surface area contributed by atoms with Crippen LogP contribution in [0.3, 0.4) is 0 Å². The van der Waals surface area contributed by atoms with Gasteiger partial charge in [0.05, 0.1) is 6.61 Å². The van der Waals surface area contributed by atoms with E-state index in [1.807, 2.05) is 61.5 Å². The number of nitrogens with one attached hydrogen (secondary N) is 2. The van der Waals surface area contributed by atoms with Gasteiger partial charge < -0.3 is 20.3 Å². The summed E-state index contributed by atoms with van der Waals surface area (Å²) in [6.07, 6.45) is 1.66. The van der Waals surface area contributed by atoms with E-state index in [0.29, 0.717) is 18.7 Å². The second kappa shape index (κ2) is 12.4. The monoisotopic (exact) mass is 396 g/mol. The van der Waals surface area contributed by atoms with Crippen LogP contribution in [0.2, 0.25) is 0 Å². The molecule has 0 aliphatic carbocycles. The number of nitrogens with zero attached hydrogens (tertiary/aromatic N) is 2. The molecule has 6 heteroatoms. The zero-order valence-corrected chi connectivity index (χ0v) is 17.6. The zero-order valence-electron chi connectivity index (χ0n) is 17.6. The fourth-order valence-electron chi connectivity index (χ4n) is 2.75. The van der Waals surface area contributed by atoms with E-state index in [0.717, 1.165) is 43.2 Å². The standard InChI is InChI=1S/C23H32N4O2/c1-4-24-23(25-15-9-17-29-21-12-6-5-7-13-21)26-16-14-19-10-8-11-20(18-19)22(28)27(2)3/h5-8,10-13,18H,4,9,14-17H2,1-3H3,(H2,24,25,26). The number of amides is 1. The molecule has 2 aromatic carbocycles. The first-order valence-corrected chi connectivity index (χ1v) is 10.1. The molecule has 0 aliphatic heterocycles. The van der Waals surface area contributed by atoms with Crippen LogP contribution in [0.15, 0.2) is 59.6 Å². The fourth-order valence-corrected chi connectivity index (χ4v) is 2.75. The third-order valence-electron chi connectivity index (χ3n) is 4.21. The van der Waals surface area contributed by atoms with Gasteiger partial charge in [0.25, 0.3) is 5.91 Å². The smallest absolute Gasteiger partial charge is 0.253 e. The summed E-state index contributed by atoms with van der Waals surface area (Å²) in [6.45, 7) is 4.92. The largest absolute Gasteiger partial charge is 0.494 e. The Labute approximate surface area is 174 Å². The third-order valence-corrected chi connectivity index (χ3v) is 4.21. The maximum atomic E-state index is 12.1. The molecule has 6 nitrogen and oxygen atoms in total. The van der Waals surface area contributed by atoms with Gasteiger partial charge >= 0.3 is 0 Å². The predicted octanol–water partition coefficient (Wildman–Crippen LogP) is 2.96. The summed E-state index contributed by atoms with van der Waals surface area (Å²) in [7, 11) is 3.53. The number of para-hydroxylation sites is 1. The van der Waals surface area contributed by atoms with Crippen LogP contribution in [0.25, 0.3) is 0 Å². The molecule has 2 N–H and O–H groups in total. The molecule has 0 saturated heterocycles. The van der Waals surface area contributed by atoms with Crippen molar-refractivity contribution in [3.8, 4) is 5.75 Å². The number of benzene rings is 2. The molecule has 0 fully saturated rings. The second-order valence-corrected chi connectivity index (χ2v) is 6.85. The Kier molecular flexibility index (Phi) is 9.55. The first kappa shape index (κ1) is 22.3. The van der Waals surface area contributed by atoms with Crippen molar-refractivity contribution in [2.45, 2.75) is 19.8 Å². The Morgan fingerprint density at radius 3 is 2.59 bits per heavy atom. The molecule has 0 aromatic heterocycles. The summed E-state index contributed by atoms with van der Waals surface area (Å²) in [5.41, 5.74) is 1.84. The molecule has 2 rings (SSSR count). The number of aliphatic imine (C=N–C) groups is 1. The highest BCUT2D eigenvalue weighted by molar-refractivity contribution is 5.94. The van der Waals surface area contributed by atoms with Crippen molar-refractivity contribution in [1.29, 1.82) is 0 Å². The number of guanidine groups is 1. The highest BCUT2D eigenvalue weighted by atomic mass is 16.5. The second-order valence-electron chi connectivity index (χ2n) is 6.85. The van der Waals surface area contributed by atoms with Crippen molar-refractivity contribution < 1.29 is 9.53 Å². The van der Waals surface area contributed by atoms with Gasteiger partial charge in [-0.3, -0.25) is 9.79 Å². The predicted molar refractivity (Wildman–Crippen MR) is 119 cm³/mol. The summed E-state index contributed by atoms with van der Waals surface area (Å²) < 4.78 is 5.69. The van der Waals surface area contributed by atoms with Gasteiger partial charge in [-0.2, -0.15) is 0 Å². The molecule has 0 heterocycles. The van der Waals surface area contributed by atoms with E-state index in [9.17, 15) is 4.79 Å². The van der Waals surface area contributed by atoms with Gasteiger partial charge in [0.1, 0.15) is 5.75 Å². The first-order valence-electron chi connectivity index (χ1n) is 10.1. The van der Waals surface area contributed by atoms with E-state index >= 15 is 0 Å². The van der Waals surface area contributed by atoms with Crippen molar-refractivity contribution >= 4 is 11.9 Å². The van der Waals surface area contributed by atoms with Gasteiger partial charge in [-0.25, -0.2) is 0 Å². The number of hydrogen-bond donors (Lipinski definition) is 2. The molecule has 0 spiro atoms. The maximum absolute atomic E-state index is 12.1. The van der Waals surface area contributed by atoms with E-state index in [1.54, 1.807) is 19.0 Å². The van der Waals surface area contributed by atoms with Gasteiger partial charge in [0.15, 0.2) is 5.96 Å². The Morgan fingerprint density at radius 2 is 1.86 bits per heavy atom. The quantitative estimate of drug-likeness (QED) is 0.368. The molecule has 0 radical (unpaired) electrons. The number of carbonyl (C=O) groups is 1. The average molecular weight is 397 g/mol. The zero-order chi connectivity index (χ0) is 20.9. The summed E-state index contributed by atoms with van der Waals surface area (Å²) >= 11 is 0. The number of ether oxygens (including phenoxy) is 1. The molecule has 156 valence electrons. The molecule has 0 aliphatic rings. The minimum Gasteiger partial charge on any atom is -0.494 e. The van der Waals surface area contributed by atoms with E-state index in [1.165, 1.54) is 0 Å². The van der Waals surface area contributed by atoms with Crippen molar-refractivity contribution in [2.24, 2.45) is 4.99 Å². The van der Waals surface area contributed by atoms with Gasteiger partial charge in [-0.1, -0.05) is 30.3 Å². The SMILES string of the molecule is CCNC(=NCCCOc1ccccc1)NCCc1cccc(C(=O)N(C)C)c1. The lowest BCUT2D eigenvalue weighted by atomic mass is 10.1. The molecule has 0 bridgehead atoms. The van der Waals surface area contributed by atoms with Gasteiger partial charge in [-0.05, 0) is 43.2 Å². The van der Waals surface area contributed by atoms with Crippen LogP contribution < -0.4 is 15.4 Å². The van der Waals surface area contributed by atoms with Crippen LogP contribution in [0, 0.1) is 0 Å². The minimum atomic E-state index is 0.0208. The molecule has 0 saturated carbocycles. The highest BCUT2D eigenvalue weighted by Gasteiger charge is 2.08. The van der Waals surface area contributed by atoms with E-state index < -0.39 is 0 Å². The van der Waals surface area contributed by atoms with E-state index in [4.69, 9.17) is 4.74 Å². The lowest BCUT2D eigenvalue weighted by Gasteiger charge is -2.13. The Balaban J connectivity index is 1.76. The molecule has 29 heavy (non-hydrogen) atoms. The number of hydrogen-bond acceptors (Lipinski definition) is 3. The van der Waals surface area contributed by atoms with Gasteiger partial charge in [0, 0.05) is 45.7 Å². The van der Waals surface area contributed by atoms with Crippen molar-refractivity contribution in [2.75, 3.05) is 40.3 Å². The van der Waals surface area contributed by atoms with Crippen LogP contribution in [-0.4, -0.2) is 57.1 Å². The van der Waals surface area contributed by atoms with Crippen LogP contribution in [0.1, 0.15) is 29.3 Å². The third kappa shape index (κ3) is 8.25. The van der Waals surface area contributed by atoms with E-state index in [2.05, 4.69) is 15.6 Å². The summed E-state index contributed by atoms with van der Waals surface area (Å²) in [5, 5.41) is 6.61. The molecule has 2 aromatic rings. The average Bonchev–Trinajstić information content (AvgIpc) is 2.73. The summed E-state index contributed by atoms with van der Waals surface area (Å²) in [4.78, 5) is 18.3. The molecule has 1 amide bonds. The van der Waals surface area contributed by atoms with Crippen LogP contribution in [0.5, 0.6) is 5.75 Å². The lowest BCUT2D eigenvalue weighted by Crippen LogP contribution is -2.38. The summed E-state index contributed by atoms with van der Waals surface area (Å²) in [5.74, 6) is 1.71. The highest BCUT2D eigenvalue weighted by Crippen LogP contribution is 2.09. The topological polar surface area (TPSA) is 66.0 Å². The van der Waals surface area contributed by atoms with Crippen LogP contribution >= 0.6 is 0 Å². The Hall–Kier alpha value is -3.02. The molecule has 0 unspecified atom stereocenters. The maximum Gasteiger partial charge on any atom is 0.253 e. The van der Waals surface area contributed by atoms with Gasteiger partial charge in [0.2, 0.25) is 0 Å². The van der Waals surface area contributed by atoms with Crippen LogP contribution in [-0.2, 0) is 6.42 Å². The van der Waals surface area contributed by atoms with Crippen molar-refractivity contribution in [1.82, 2.24) is 15.5 Å². The Bertz CT molecular complexity index is 775. The molecule has 0 atom stereocenters. The van der Waals surface area contributed by atoms with Crippen molar-refractivity contribution in [3.63, 3.8) is 0 Å². The Morgan fingerprint density at radius 1 is 1.07 bits per heavy atom. The van der Waals surface area contributed by atoms with Crippen LogP contribution in [0.4, 0.5) is 0 Å². The van der Waals surface area contributed by atoms with Crippen molar-refractivity contribution in [3.05, 3.63) is 65.7 Å². The molecular weight excluding hydrogens is 364 g/mol. The lowest BCUT2D eigenvalue weighted by molar-refractivity contribution is 0.0827. The minimum absolute atomic E-state index is 0.0208. The normalized spacial score (nSPS) is 11.1. The first-order chi connectivity index (χ1) is 14.1. The van der Waals surface area contributed by atoms with Gasteiger partial charge in [-0.15, -0.1) is 0 Å². The van der Waals surface area contributed by atoms with E-state index in [-0.39, 0.29) is 5.91 Å².